The van der Waals surface area contributed by atoms with Crippen LogP contribution in [0.4, 0.5) is 4.79 Å². The Labute approximate surface area is 165 Å². The zero-order chi connectivity index (χ0) is 20.1. The molecule has 8 nitrogen and oxygen atoms in total. The van der Waals surface area contributed by atoms with Gasteiger partial charge in [0.1, 0.15) is 0 Å². The lowest BCUT2D eigenvalue weighted by Crippen LogP contribution is -2.49. The minimum absolute atomic E-state index is 0.0143. The van der Waals surface area contributed by atoms with E-state index in [1.165, 1.54) is 4.31 Å². The van der Waals surface area contributed by atoms with E-state index in [2.05, 4.69) is 10.6 Å². The number of sulfonamides is 1. The Bertz CT molecular complexity index is 791. The third-order valence-electron chi connectivity index (χ3n) is 5.54. The number of hydrogen-bond acceptors (Lipinski definition) is 4. The molecule has 3 rings (SSSR count). The second kappa shape index (κ2) is 8.91. The second-order valence-corrected chi connectivity index (χ2v) is 9.46. The minimum Gasteiger partial charge on any atom is -0.465 e. The van der Waals surface area contributed by atoms with Crippen LogP contribution >= 0.6 is 0 Å². The summed E-state index contributed by atoms with van der Waals surface area (Å²) in [4.78, 5) is 23.7. The molecule has 0 bridgehead atoms. The first kappa shape index (κ1) is 20.6. The molecule has 28 heavy (non-hydrogen) atoms. The fourth-order valence-corrected chi connectivity index (χ4v) is 5.54. The van der Waals surface area contributed by atoms with Crippen molar-refractivity contribution in [1.82, 2.24) is 14.9 Å². The van der Waals surface area contributed by atoms with Crippen molar-refractivity contribution in [2.75, 3.05) is 13.1 Å². The van der Waals surface area contributed by atoms with Crippen LogP contribution < -0.4 is 10.6 Å². The van der Waals surface area contributed by atoms with E-state index in [1.54, 1.807) is 30.3 Å². The first-order valence-electron chi connectivity index (χ1n) is 9.71. The van der Waals surface area contributed by atoms with E-state index in [9.17, 15) is 18.0 Å². The molecule has 1 aromatic carbocycles. The summed E-state index contributed by atoms with van der Waals surface area (Å²) in [6, 6.07) is 8.25. The maximum absolute atomic E-state index is 12.8. The summed E-state index contributed by atoms with van der Waals surface area (Å²) in [5.41, 5.74) is 0. The SMILES string of the molecule is O=C(O)N[C@H]1CC[C@H](NC(=O)[C@H]2CCCN(S(=O)(=O)c3ccccc3)C2)CC1. The van der Waals surface area contributed by atoms with E-state index in [-0.39, 0.29) is 35.3 Å². The average molecular weight is 410 g/mol. The van der Waals surface area contributed by atoms with Crippen molar-refractivity contribution in [2.24, 2.45) is 5.92 Å². The van der Waals surface area contributed by atoms with Gasteiger partial charge in [0, 0.05) is 25.2 Å². The topological polar surface area (TPSA) is 116 Å². The lowest BCUT2D eigenvalue weighted by molar-refractivity contribution is -0.127. The van der Waals surface area contributed by atoms with Crippen molar-refractivity contribution in [3.05, 3.63) is 30.3 Å². The highest BCUT2D eigenvalue weighted by Crippen LogP contribution is 2.25. The van der Waals surface area contributed by atoms with E-state index in [4.69, 9.17) is 5.11 Å². The first-order chi connectivity index (χ1) is 13.4. The largest absolute Gasteiger partial charge is 0.465 e. The van der Waals surface area contributed by atoms with E-state index < -0.39 is 16.1 Å². The molecule has 0 spiro atoms. The van der Waals surface area contributed by atoms with Gasteiger partial charge >= 0.3 is 6.09 Å². The number of carbonyl (C=O) groups excluding carboxylic acids is 1. The normalized spacial score (nSPS) is 26.4. The summed E-state index contributed by atoms with van der Waals surface area (Å²) >= 11 is 0. The Morgan fingerprint density at radius 1 is 0.964 bits per heavy atom. The molecule has 2 fully saturated rings. The Kier molecular flexibility index (Phi) is 6.56. The van der Waals surface area contributed by atoms with Crippen LogP contribution in [-0.2, 0) is 14.8 Å². The summed E-state index contributed by atoms with van der Waals surface area (Å²) < 4.78 is 27.0. The van der Waals surface area contributed by atoms with Gasteiger partial charge in [0.15, 0.2) is 0 Å². The first-order valence-corrected chi connectivity index (χ1v) is 11.2. The second-order valence-electron chi connectivity index (χ2n) is 7.52. The Morgan fingerprint density at radius 2 is 1.57 bits per heavy atom. The summed E-state index contributed by atoms with van der Waals surface area (Å²) in [7, 11) is -3.59. The number of carboxylic acid groups (broad SMARTS) is 1. The predicted octanol–water partition coefficient (Wildman–Crippen LogP) is 1.78. The summed E-state index contributed by atoms with van der Waals surface area (Å²) in [6.07, 6.45) is 3.12. The minimum atomic E-state index is -3.59. The summed E-state index contributed by atoms with van der Waals surface area (Å²) in [5.74, 6) is -0.468. The molecule has 1 heterocycles. The quantitative estimate of drug-likeness (QED) is 0.686. The van der Waals surface area contributed by atoms with E-state index >= 15 is 0 Å². The van der Waals surface area contributed by atoms with Gasteiger partial charge in [0.2, 0.25) is 15.9 Å². The Hall–Kier alpha value is -2.13. The number of rotatable bonds is 5. The highest BCUT2D eigenvalue weighted by molar-refractivity contribution is 7.89. The van der Waals surface area contributed by atoms with E-state index in [0.717, 1.165) is 12.8 Å². The van der Waals surface area contributed by atoms with Gasteiger partial charge in [-0.05, 0) is 50.7 Å². The molecule has 1 saturated carbocycles. The lowest BCUT2D eigenvalue weighted by atomic mass is 9.90. The van der Waals surface area contributed by atoms with Gasteiger partial charge in [-0.25, -0.2) is 13.2 Å². The molecule has 154 valence electrons. The molecular formula is C19H27N3O5S. The molecule has 2 aliphatic rings. The van der Waals surface area contributed by atoms with E-state index in [1.807, 2.05) is 0 Å². The van der Waals surface area contributed by atoms with Crippen molar-refractivity contribution in [2.45, 2.75) is 55.5 Å². The Balaban J connectivity index is 1.54. The highest BCUT2D eigenvalue weighted by atomic mass is 32.2. The zero-order valence-electron chi connectivity index (χ0n) is 15.7. The number of carbonyl (C=O) groups is 2. The highest BCUT2D eigenvalue weighted by Gasteiger charge is 2.34. The predicted molar refractivity (Wildman–Crippen MR) is 103 cm³/mol. The average Bonchev–Trinajstić information content (AvgIpc) is 2.70. The molecule has 0 unspecified atom stereocenters. The van der Waals surface area contributed by atoms with Crippen LogP contribution in [0.15, 0.2) is 35.2 Å². The number of hydrogen-bond donors (Lipinski definition) is 3. The fraction of sp³-hybridized carbons (Fsp3) is 0.579. The lowest BCUT2D eigenvalue weighted by Gasteiger charge is -2.33. The van der Waals surface area contributed by atoms with Gasteiger partial charge in [-0.3, -0.25) is 4.79 Å². The molecule has 2 amide bonds. The van der Waals surface area contributed by atoms with Crippen LogP contribution in [0.5, 0.6) is 0 Å². The number of nitrogens with one attached hydrogen (secondary N) is 2. The van der Waals surface area contributed by atoms with Crippen LogP contribution in [0.2, 0.25) is 0 Å². The number of piperidine rings is 1. The number of nitrogens with zero attached hydrogens (tertiary/aromatic N) is 1. The molecular weight excluding hydrogens is 382 g/mol. The molecule has 0 radical (unpaired) electrons. The maximum Gasteiger partial charge on any atom is 0.404 e. The fourth-order valence-electron chi connectivity index (χ4n) is 3.99. The standard InChI is InChI=1S/C19H27N3O5S/c23-18(20-15-8-10-16(11-9-15)21-19(24)25)14-5-4-12-22(13-14)28(26,27)17-6-2-1-3-7-17/h1-3,6-7,14-16,21H,4-5,8-13H2,(H,20,23)(H,24,25)/t14-,15-,16-/m0/s1. The third-order valence-corrected chi connectivity index (χ3v) is 7.42. The van der Waals surface area contributed by atoms with Crippen molar-refractivity contribution in [1.29, 1.82) is 0 Å². The van der Waals surface area contributed by atoms with Crippen LogP contribution in [0, 0.1) is 5.92 Å². The van der Waals surface area contributed by atoms with Crippen molar-refractivity contribution < 1.29 is 23.1 Å². The molecule has 1 atom stereocenters. The van der Waals surface area contributed by atoms with Crippen LogP contribution in [-0.4, -0.2) is 55.0 Å². The van der Waals surface area contributed by atoms with Gasteiger partial charge < -0.3 is 15.7 Å². The summed E-state index contributed by atoms with van der Waals surface area (Å²) in [6.45, 7) is 0.617. The van der Waals surface area contributed by atoms with Crippen molar-refractivity contribution >= 4 is 22.0 Å². The van der Waals surface area contributed by atoms with Gasteiger partial charge in [0.25, 0.3) is 0 Å². The smallest absolute Gasteiger partial charge is 0.404 e. The number of benzene rings is 1. The van der Waals surface area contributed by atoms with Crippen molar-refractivity contribution in [3.8, 4) is 0 Å². The molecule has 1 aromatic rings. The van der Waals surface area contributed by atoms with Gasteiger partial charge in [-0.1, -0.05) is 18.2 Å². The molecule has 1 aliphatic carbocycles. The van der Waals surface area contributed by atoms with Gasteiger partial charge in [-0.15, -0.1) is 0 Å². The third kappa shape index (κ3) is 5.02. The maximum atomic E-state index is 12.8. The molecule has 1 saturated heterocycles. The molecule has 1 aliphatic heterocycles. The molecule has 0 aromatic heterocycles. The zero-order valence-corrected chi connectivity index (χ0v) is 16.5. The van der Waals surface area contributed by atoms with Crippen LogP contribution in [0.25, 0.3) is 0 Å². The van der Waals surface area contributed by atoms with Gasteiger partial charge in [-0.2, -0.15) is 4.31 Å². The van der Waals surface area contributed by atoms with Crippen molar-refractivity contribution in [3.63, 3.8) is 0 Å². The Morgan fingerprint density at radius 3 is 2.18 bits per heavy atom. The summed E-state index contributed by atoms with van der Waals surface area (Å²) in [5, 5.41) is 14.3. The monoisotopic (exact) mass is 409 g/mol. The molecule has 3 N–H and O–H groups in total. The van der Waals surface area contributed by atoms with Gasteiger partial charge in [0.05, 0.1) is 10.8 Å². The van der Waals surface area contributed by atoms with E-state index in [0.29, 0.717) is 32.2 Å². The van der Waals surface area contributed by atoms with Crippen LogP contribution in [0.3, 0.4) is 0 Å². The van der Waals surface area contributed by atoms with Crippen LogP contribution in [0.1, 0.15) is 38.5 Å². The number of amides is 2. The molecule has 9 heteroatoms.